The molecule has 2 rings (SSSR count). The van der Waals surface area contributed by atoms with E-state index in [-0.39, 0.29) is 5.92 Å². The Hall–Kier alpha value is -0.410. The van der Waals surface area contributed by atoms with Crippen LogP contribution in [-0.4, -0.2) is 43.4 Å². The van der Waals surface area contributed by atoms with Crippen molar-refractivity contribution in [3.05, 3.63) is 0 Å². The molecule has 0 bridgehead atoms. The van der Waals surface area contributed by atoms with E-state index in [9.17, 15) is 4.79 Å². The average Bonchev–Trinajstić information content (AvgIpc) is 2.31. The summed E-state index contributed by atoms with van der Waals surface area (Å²) in [4.78, 5) is 13.6. The van der Waals surface area contributed by atoms with E-state index in [0.717, 1.165) is 26.1 Å². The molecule has 0 aliphatic carbocycles. The molecular formula is C8H14N2O. The van der Waals surface area contributed by atoms with E-state index >= 15 is 0 Å². The Morgan fingerprint density at radius 2 is 2.36 bits per heavy atom. The number of likely N-dealkylation sites (tertiary alicyclic amines) is 1. The quantitative estimate of drug-likeness (QED) is 0.509. The van der Waals surface area contributed by atoms with Gasteiger partial charge in [0.2, 0.25) is 0 Å². The van der Waals surface area contributed by atoms with Gasteiger partial charge in [-0.15, -0.1) is 0 Å². The lowest BCUT2D eigenvalue weighted by Gasteiger charge is -2.23. The monoisotopic (exact) mass is 154 g/mol. The maximum Gasteiger partial charge on any atom is 0.140 e. The molecule has 2 aliphatic heterocycles. The van der Waals surface area contributed by atoms with E-state index in [2.05, 4.69) is 17.3 Å². The number of nitrogens with zero attached hydrogens (tertiary/aromatic N) is 1. The fourth-order valence-corrected chi connectivity index (χ4v) is 2.10. The van der Waals surface area contributed by atoms with Crippen LogP contribution >= 0.6 is 0 Å². The molecule has 3 heteroatoms. The van der Waals surface area contributed by atoms with E-state index in [0.29, 0.717) is 11.8 Å². The van der Waals surface area contributed by atoms with E-state index in [1.165, 1.54) is 0 Å². The minimum atomic E-state index is 0.286. The second-order valence-corrected chi connectivity index (χ2v) is 3.60. The standard InChI is InChI=1S/C8H14N2O/c1-10-4-6-7(5-10)9-3-2-8(6)11/h6-7,9H,2-5H2,1H3. The highest BCUT2D eigenvalue weighted by molar-refractivity contribution is 5.83. The number of carbonyl (C=O) groups excluding carboxylic acids is 1. The Balaban J connectivity index is 2.09. The fraction of sp³-hybridized carbons (Fsp3) is 0.875. The highest BCUT2D eigenvalue weighted by atomic mass is 16.1. The number of carbonyl (C=O) groups is 1. The Kier molecular flexibility index (Phi) is 1.69. The Labute approximate surface area is 66.8 Å². The molecule has 2 saturated heterocycles. The Morgan fingerprint density at radius 1 is 1.55 bits per heavy atom. The number of hydrogen-bond donors (Lipinski definition) is 1. The van der Waals surface area contributed by atoms with Crippen molar-refractivity contribution < 1.29 is 4.79 Å². The van der Waals surface area contributed by atoms with Crippen molar-refractivity contribution in [1.29, 1.82) is 0 Å². The molecule has 0 aromatic carbocycles. The molecule has 1 N–H and O–H groups in total. The SMILES string of the molecule is CN1CC2NCCC(=O)C2C1. The number of piperidine rings is 1. The molecular weight excluding hydrogens is 140 g/mol. The molecule has 11 heavy (non-hydrogen) atoms. The van der Waals surface area contributed by atoms with Crippen molar-refractivity contribution in [3.63, 3.8) is 0 Å². The van der Waals surface area contributed by atoms with Crippen molar-refractivity contribution in [2.75, 3.05) is 26.7 Å². The first-order valence-electron chi connectivity index (χ1n) is 4.22. The third kappa shape index (κ3) is 1.19. The van der Waals surface area contributed by atoms with Crippen LogP contribution in [-0.2, 0) is 4.79 Å². The lowest BCUT2D eigenvalue weighted by atomic mass is 9.93. The van der Waals surface area contributed by atoms with Gasteiger partial charge in [0.1, 0.15) is 5.78 Å². The second kappa shape index (κ2) is 2.57. The highest BCUT2D eigenvalue weighted by Crippen LogP contribution is 2.20. The summed E-state index contributed by atoms with van der Waals surface area (Å²) in [5.41, 5.74) is 0. The van der Waals surface area contributed by atoms with E-state index < -0.39 is 0 Å². The van der Waals surface area contributed by atoms with Crippen LogP contribution in [0.5, 0.6) is 0 Å². The zero-order valence-corrected chi connectivity index (χ0v) is 6.84. The van der Waals surface area contributed by atoms with Crippen LogP contribution < -0.4 is 5.32 Å². The largest absolute Gasteiger partial charge is 0.311 e. The third-order valence-electron chi connectivity index (χ3n) is 2.69. The smallest absolute Gasteiger partial charge is 0.140 e. The summed E-state index contributed by atoms with van der Waals surface area (Å²) in [5, 5.41) is 3.38. The molecule has 62 valence electrons. The molecule has 0 spiro atoms. The van der Waals surface area contributed by atoms with Gasteiger partial charge in [0.05, 0.1) is 0 Å². The minimum Gasteiger partial charge on any atom is -0.311 e. The maximum absolute atomic E-state index is 11.4. The fourth-order valence-electron chi connectivity index (χ4n) is 2.10. The lowest BCUT2D eigenvalue weighted by molar-refractivity contribution is -0.124. The number of likely N-dealkylation sites (N-methyl/N-ethyl adjacent to an activating group) is 1. The van der Waals surface area contributed by atoms with Crippen LogP contribution in [0.15, 0.2) is 0 Å². The number of Topliss-reactive ketones (excluding diaryl/α,β-unsaturated/α-hetero) is 1. The van der Waals surface area contributed by atoms with Crippen LogP contribution in [0.3, 0.4) is 0 Å². The molecule has 0 radical (unpaired) electrons. The van der Waals surface area contributed by atoms with Crippen LogP contribution in [0, 0.1) is 5.92 Å². The zero-order valence-electron chi connectivity index (χ0n) is 6.84. The van der Waals surface area contributed by atoms with Gasteiger partial charge in [-0.3, -0.25) is 4.79 Å². The first-order chi connectivity index (χ1) is 5.27. The molecule has 2 heterocycles. The Morgan fingerprint density at radius 3 is 3.09 bits per heavy atom. The van der Waals surface area contributed by atoms with Crippen LogP contribution in [0.4, 0.5) is 0 Å². The third-order valence-corrected chi connectivity index (χ3v) is 2.69. The summed E-state index contributed by atoms with van der Waals surface area (Å²) in [6.45, 7) is 2.88. The van der Waals surface area contributed by atoms with Gasteiger partial charge in [0.25, 0.3) is 0 Å². The number of rotatable bonds is 0. The van der Waals surface area contributed by atoms with E-state index in [1.807, 2.05) is 0 Å². The number of hydrogen-bond acceptors (Lipinski definition) is 3. The predicted octanol–water partition coefficient (Wildman–Crippen LogP) is -0.521. The van der Waals surface area contributed by atoms with Gasteiger partial charge in [-0.25, -0.2) is 0 Å². The van der Waals surface area contributed by atoms with E-state index in [1.54, 1.807) is 0 Å². The highest BCUT2D eigenvalue weighted by Gasteiger charge is 2.37. The molecule has 0 aromatic rings. The summed E-state index contributed by atoms with van der Waals surface area (Å²) in [5.74, 6) is 0.742. The molecule has 2 unspecified atom stereocenters. The molecule has 2 aliphatic rings. The zero-order chi connectivity index (χ0) is 7.84. The summed E-state index contributed by atoms with van der Waals surface area (Å²) in [6.07, 6.45) is 0.731. The second-order valence-electron chi connectivity index (χ2n) is 3.60. The van der Waals surface area contributed by atoms with Crippen molar-refractivity contribution in [1.82, 2.24) is 10.2 Å². The van der Waals surface area contributed by atoms with Gasteiger partial charge in [0.15, 0.2) is 0 Å². The topological polar surface area (TPSA) is 32.3 Å². The van der Waals surface area contributed by atoms with Crippen LogP contribution in [0.2, 0.25) is 0 Å². The summed E-state index contributed by atoms with van der Waals surface area (Å²) in [6, 6.07) is 0.446. The predicted molar refractivity (Wildman–Crippen MR) is 42.4 cm³/mol. The Bertz CT molecular complexity index is 181. The van der Waals surface area contributed by atoms with Gasteiger partial charge in [-0.1, -0.05) is 0 Å². The molecule has 2 fully saturated rings. The van der Waals surface area contributed by atoms with Crippen LogP contribution in [0.1, 0.15) is 6.42 Å². The molecule has 2 atom stereocenters. The van der Waals surface area contributed by atoms with Gasteiger partial charge >= 0.3 is 0 Å². The molecule has 0 saturated carbocycles. The van der Waals surface area contributed by atoms with Crippen LogP contribution in [0.25, 0.3) is 0 Å². The van der Waals surface area contributed by atoms with Gasteiger partial charge in [0, 0.05) is 38.0 Å². The summed E-state index contributed by atoms with van der Waals surface area (Å²) < 4.78 is 0. The summed E-state index contributed by atoms with van der Waals surface area (Å²) >= 11 is 0. The molecule has 0 amide bonds. The maximum atomic E-state index is 11.4. The number of ketones is 1. The van der Waals surface area contributed by atoms with E-state index in [4.69, 9.17) is 0 Å². The van der Waals surface area contributed by atoms with Gasteiger partial charge in [-0.05, 0) is 7.05 Å². The van der Waals surface area contributed by atoms with Gasteiger partial charge in [-0.2, -0.15) is 0 Å². The molecule has 0 aromatic heterocycles. The average molecular weight is 154 g/mol. The summed E-state index contributed by atoms with van der Waals surface area (Å²) in [7, 11) is 2.08. The van der Waals surface area contributed by atoms with Crippen molar-refractivity contribution in [2.24, 2.45) is 5.92 Å². The minimum absolute atomic E-state index is 0.286. The van der Waals surface area contributed by atoms with Gasteiger partial charge < -0.3 is 10.2 Å². The normalized spacial score (nSPS) is 39.2. The van der Waals surface area contributed by atoms with Crippen molar-refractivity contribution in [3.8, 4) is 0 Å². The number of nitrogens with one attached hydrogen (secondary N) is 1. The lowest BCUT2D eigenvalue weighted by Crippen LogP contribution is -2.45. The number of fused-ring (bicyclic) bond motifs is 1. The molecule has 3 nitrogen and oxygen atoms in total. The first-order valence-corrected chi connectivity index (χ1v) is 4.22. The van der Waals surface area contributed by atoms with Crippen molar-refractivity contribution >= 4 is 5.78 Å². The first kappa shape index (κ1) is 7.25. The van der Waals surface area contributed by atoms with Crippen molar-refractivity contribution in [2.45, 2.75) is 12.5 Å².